The van der Waals surface area contributed by atoms with E-state index in [2.05, 4.69) is 25.3 Å². The highest BCUT2D eigenvalue weighted by Gasteiger charge is 2.55. The Morgan fingerprint density at radius 1 is 1.29 bits per heavy atom. The summed E-state index contributed by atoms with van der Waals surface area (Å²) >= 11 is 1.25. The van der Waals surface area contributed by atoms with Crippen molar-refractivity contribution in [1.82, 2.24) is 24.5 Å². The molecule has 0 bridgehead atoms. The quantitative estimate of drug-likeness (QED) is 0.245. The number of fused-ring (bicyclic) bond motifs is 1. The lowest BCUT2D eigenvalue weighted by Gasteiger charge is -2.32. The van der Waals surface area contributed by atoms with Crippen molar-refractivity contribution in [1.29, 1.82) is 0 Å². The van der Waals surface area contributed by atoms with Crippen LogP contribution in [0.1, 0.15) is 30.2 Å². The number of aliphatic hydroxyl groups excluding tert-OH is 1. The summed E-state index contributed by atoms with van der Waals surface area (Å²) in [6.07, 6.45) is -2.08. The first-order valence-electron chi connectivity index (χ1n) is 11.9. The van der Waals surface area contributed by atoms with Crippen LogP contribution in [0.2, 0.25) is 0 Å². The average molecular weight is 541 g/mol. The third kappa shape index (κ3) is 4.41. The molecule has 0 aliphatic carbocycles. The summed E-state index contributed by atoms with van der Waals surface area (Å²) < 4.78 is 13.7. The van der Waals surface area contributed by atoms with Crippen LogP contribution in [0.15, 0.2) is 47.5 Å². The van der Waals surface area contributed by atoms with Gasteiger partial charge in [-0.15, -0.1) is 11.3 Å². The second-order valence-electron chi connectivity index (χ2n) is 9.36. The van der Waals surface area contributed by atoms with Crippen LogP contribution in [0.4, 0.5) is 5.82 Å². The van der Waals surface area contributed by atoms with Gasteiger partial charge in [0.15, 0.2) is 23.2 Å². The molecule has 5 rings (SSSR count). The number of anilines is 1. The van der Waals surface area contributed by atoms with E-state index in [0.29, 0.717) is 22.8 Å². The molecule has 0 spiro atoms. The molecule has 5 atom stereocenters. The number of nitrogens with one attached hydrogen (secondary N) is 1. The fourth-order valence-electron chi connectivity index (χ4n) is 4.65. The van der Waals surface area contributed by atoms with Gasteiger partial charge in [0.05, 0.1) is 24.1 Å². The van der Waals surface area contributed by atoms with Gasteiger partial charge in [0.25, 0.3) is 0 Å². The first kappa shape index (κ1) is 26.1. The number of hydrogen-bond acceptors (Lipinski definition) is 11. The number of thiazole rings is 1. The van der Waals surface area contributed by atoms with Crippen molar-refractivity contribution in [2.24, 2.45) is 0 Å². The van der Waals surface area contributed by atoms with Crippen molar-refractivity contribution >= 4 is 34.3 Å². The number of aliphatic carboxylic acids is 1. The Bertz CT molecular complexity index is 1430. The Hall–Kier alpha value is -3.49. The van der Waals surface area contributed by atoms with E-state index in [4.69, 9.17) is 9.47 Å². The number of aryl methyl sites for hydroxylation is 1. The molecule has 4 aromatic rings. The lowest BCUT2D eigenvalue weighted by atomic mass is 9.90. The maximum absolute atomic E-state index is 12.7. The van der Waals surface area contributed by atoms with Crippen molar-refractivity contribution in [3.8, 4) is 0 Å². The molecule has 1 aliphatic rings. The van der Waals surface area contributed by atoms with Crippen LogP contribution in [0, 0.1) is 6.92 Å². The summed E-state index contributed by atoms with van der Waals surface area (Å²) in [5, 5.41) is 37.3. The summed E-state index contributed by atoms with van der Waals surface area (Å²) in [7, 11) is 1.71. The second-order valence-corrected chi connectivity index (χ2v) is 10.1. The van der Waals surface area contributed by atoms with Gasteiger partial charge >= 0.3 is 5.97 Å². The van der Waals surface area contributed by atoms with E-state index >= 15 is 0 Å². The molecule has 0 unspecified atom stereocenters. The Morgan fingerprint density at radius 2 is 2.05 bits per heavy atom. The van der Waals surface area contributed by atoms with Crippen LogP contribution in [0.3, 0.4) is 0 Å². The van der Waals surface area contributed by atoms with E-state index in [0.717, 1.165) is 5.56 Å². The van der Waals surface area contributed by atoms with Crippen molar-refractivity contribution in [2.45, 2.75) is 49.9 Å². The molecule has 0 amide bonds. The fourth-order valence-corrected chi connectivity index (χ4v) is 5.26. The number of carboxylic acid groups (broad SMARTS) is 1. The minimum atomic E-state index is -1.84. The zero-order valence-corrected chi connectivity index (χ0v) is 21.8. The average Bonchev–Trinajstić information content (AvgIpc) is 3.62. The number of rotatable bonds is 9. The number of benzene rings is 1. The lowest BCUT2D eigenvalue weighted by molar-refractivity contribution is -0.180. The molecule has 1 aromatic carbocycles. The first-order valence-corrected chi connectivity index (χ1v) is 12.9. The molecule has 0 saturated carbocycles. The molecular formula is C25H28N6O6S. The summed E-state index contributed by atoms with van der Waals surface area (Å²) in [6, 6.07) is 9.09. The second kappa shape index (κ2) is 10.0. The molecule has 0 radical (unpaired) electrons. The van der Waals surface area contributed by atoms with Crippen molar-refractivity contribution in [3.63, 3.8) is 0 Å². The van der Waals surface area contributed by atoms with Crippen LogP contribution < -0.4 is 5.32 Å². The third-order valence-electron chi connectivity index (χ3n) is 6.84. The molecular weight excluding hydrogens is 512 g/mol. The molecule has 1 saturated heterocycles. The standard InChI is InChI=1S/C25H28N6O6S/c1-14-29-20(26-3)18-21(30-14)31(12-27-18)22-19(32)24(2,35)17(37-22)10-36-25(23(33)34,16-11-38-13-28-16)9-15-7-5-4-6-8-15/h4-8,11-13,17,19,22,32,35H,9-10H2,1-3H3,(H,33,34)(H,26,29,30)/t17-,19+,22-,24-,25+/m1/s1. The SMILES string of the molecule is CNc1nc(C)nc2c1ncn2[C@@H]1O[C@H](CO[C@](Cc2ccccc2)(C(=O)O)c2cscn2)[C@@](C)(O)[C@H]1O. The number of imidazole rings is 1. The van der Waals surface area contributed by atoms with Crippen LogP contribution in [0.5, 0.6) is 0 Å². The molecule has 13 heteroatoms. The van der Waals surface area contributed by atoms with E-state index < -0.39 is 35.6 Å². The third-order valence-corrected chi connectivity index (χ3v) is 7.42. The predicted molar refractivity (Wildman–Crippen MR) is 138 cm³/mol. The largest absolute Gasteiger partial charge is 0.479 e. The zero-order chi connectivity index (χ0) is 27.1. The maximum atomic E-state index is 12.7. The van der Waals surface area contributed by atoms with Gasteiger partial charge in [-0.05, 0) is 19.4 Å². The topological polar surface area (TPSA) is 165 Å². The van der Waals surface area contributed by atoms with Crippen LogP contribution in [-0.2, 0) is 26.3 Å². The fraction of sp³-hybridized carbons (Fsp3) is 0.400. The molecule has 1 fully saturated rings. The van der Waals surface area contributed by atoms with E-state index in [9.17, 15) is 20.1 Å². The molecule has 4 heterocycles. The predicted octanol–water partition coefficient (Wildman–Crippen LogP) is 1.88. The minimum absolute atomic E-state index is 0.00288. The van der Waals surface area contributed by atoms with Gasteiger partial charge in [-0.3, -0.25) is 4.57 Å². The molecule has 38 heavy (non-hydrogen) atoms. The molecule has 12 nitrogen and oxygen atoms in total. The van der Waals surface area contributed by atoms with Crippen LogP contribution in [-0.4, -0.2) is 77.3 Å². The smallest absolute Gasteiger partial charge is 0.342 e. The van der Waals surface area contributed by atoms with Gasteiger partial charge in [-0.25, -0.2) is 24.7 Å². The highest BCUT2D eigenvalue weighted by molar-refractivity contribution is 7.07. The van der Waals surface area contributed by atoms with Crippen LogP contribution in [0.25, 0.3) is 11.2 Å². The summed E-state index contributed by atoms with van der Waals surface area (Å²) in [6.45, 7) is 2.82. The normalized spacial score (nSPS) is 24.9. The number of carbonyl (C=O) groups is 1. The van der Waals surface area contributed by atoms with Crippen molar-refractivity contribution < 1.29 is 29.6 Å². The Kier molecular flexibility index (Phi) is 6.88. The highest BCUT2D eigenvalue weighted by atomic mass is 32.1. The number of hydrogen-bond donors (Lipinski definition) is 4. The van der Waals surface area contributed by atoms with Gasteiger partial charge in [0.1, 0.15) is 23.6 Å². The Morgan fingerprint density at radius 3 is 2.71 bits per heavy atom. The molecule has 200 valence electrons. The van der Waals surface area contributed by atoms with E-state index in [-0.39, 0.29) is 18.7 Å². The maximum Gasteiger partial charge on any atom is 0.342 e. The Balaban J connectivity index is 1.45. The minimum Gasteiger partial charge on any atom is -0.479 e. The van der Waals surface area contributed by atoms with Crippen LogP contribution >= 0.6 is 11.3 Å². The van der Waals surface area contributed by atoms with E-state index in [1.54, 1.807) is 19.4 Å². The van der Waals surface area contributed by atoms with Crippen molar-refractivity contribution in [3.05, 3.63) is 64.6 Å². The van der Waals surface area contributed by atoms with Gasteiger partial charge < -0.3 is 30.1 Å². The van der Waals surface area contributed by atoms with Crippen molar-refractivity contribution in [2.75, 3.05) is 19.0 Å². The van der Waals surface area contributed by atoms with Gasteiger partial charge in [-0.2, -0.15) is 0 Å². The zero-order valence-electron chi connectivity index (χ0n) is 21.0. The first-order chi connectivity index (χ1) is 18.2. The number of aliphatic hydroxyl groups is 2. The van der Waals surface area contributed by atoms with E-state index in [1.807, 2.05) is 30.3 Å². The number of aromatic nitrogens is 5. The van der Waals surface area contributed by atoms with E-state index in [1.165, 1.54) is 34.7 Å². The van der Waals surface area contributed by atoms with Gasteiger partial charge in [0.2, 0.25) is 5.60 Å². The van der Waals surface area contributed by atoms with Gasteiger partial charge in [-0.1, -0.05) is 30.3 Å². The summed E-state index contributed by atoms with van der Waals surface area (Å²) in [4.78, 5) is 30.1. The number of nitrogens with zero attached hydrogens (tertiary/aromatic N) is 5. The summed E-state index contributed by atoms with van der Waals surface area (Å²) in [5.41, 5.74) is -0.219. The molecule has 3 aromatic heterocycles. The highest BCUT2D eigenvalue weighted by Crippen LogP contribution is 2.40. The molecule has 1 aliphatic heterocycles. The lowest BCUT2D eigenvalue weighted by Crippen LogP contribution is -2.49. The Labute approximate surface area is 221 Å². The van der Waals surface area contributed by atoms with Gasteiger partial charge in [0, 0.05) is 18.8 Å². The number of ether oxygens (including phenoxy) is 2. The number of carboxylic acids is 1. The monoisotopic (exact) mass is 540 g/mol. The molecule has 4 N–H and O–H groups in total. The summed E-state index contributed by atoms with van der Waals surface area (Å²) in [5.74, 6) is -0.228.